The Hall–Kier alpha value is -2.96. The minimum atomic E-state index is -0.147. The summed E-state index contributed by atoms with van der Waals surface area (Å²) in [5.74, 6) is 0.428. The van der Waals surface area contributed by atoms with Gasteiger partial charge in [0.05, 0.1) is 12.1 Å². The van der Waals surface area contributed by atoms with Crippen LogP contribution in [0, 0.1) is 0 Å². The highest BCUT2D eigenvalue weighted by atomic mass is 16.5. The fourth-order valence-electron chi connectivity index (χ4n) is 2.30. The zero-order chi connectivity index (χ0) is 16.9. The molecule has 2 heterocycles. The number of benzene rings is 1. The summed E-state index contributed by atoms with van der Waals surface area (Å²) in [5, 5.41) is 10.8. The average molecular weight is 325 g/mol. The van der Waals surface area contributed by atoms with E-state index < -0.39 is 0 Å². The van der Waals surface area contributed by atoms with Gasteiger partial charge in [0.25, 0.3) is 5.91 Å². The third-order valence-corrected chi connectivity index (χ3v) is 3.58. The van der Waals surface area contributed by atoms with E-state index in [4.69, 9.17) is 4.74 Å². The van der Waals surface area contributed by atoms with Crippen LogP contribution in [0.2, 0.25) is 0 Å². The zero-order valence-corrected chi connectivity index (χ0v) is 13.7. The molecule has 0 bridgehead atoms. The van der Waals surface area contributed by atoms with Crippen LogP contribution >= 0.6 is 0 Å². The molecule has 0 aliphatic carbocycles. The van der Waals surface area contributed by atoms with Crippen LogP contribution in [0.15, 0.2) is 36.5 Å². The van der Waals surface area contributed by atoms with Gasteiger partial charge < -0.3 is 10.1 Å². The summed E-state index contributed by atoms with van der Waals surface area (Å²) in [4.78, 5) is 16.5. The highest BCUT2D eigenvalue weighted by molar-refractivity contribution is 5.97. The van der Waals surface area contributed by atoms with Crippen LogP contribution in [0.25, 0.3) is 11.0 Å². The van der Waals surface area contributed by atoms with E-state index in [1.807, 2.05) is 19.1 Å². The molecule has 0 atom stereocenters. The van der Waals surface area contributed by atoms with Gasteiger partial charge in [-0.15, -0.1) is 5.10 Å². The molecule has 124 valence electrons. The first kappa shape index (κ1) is 15.9. The zero-order valence-electron chi connectivity index (χ0n) is 13.7. The molecule has 0 spiro atoms. The minimum Gasteiger partial charge on any atom is -0.478 e. The predicted molar refractivity (Wildman–Crippen MR) is 89.7 cm³/mol. The van der Waals surface area contributed by atoms with Crippen molar-refractivity contribution < 1.29 is 9.53 Å². The van der Waals surface area contributed by atoms with Crippen LogP contribution in [0.1, 0.15) is 29.3 Å². The molecular weight excluding hydrogens is 306 g/mol. The van der Waals surface area contributed by atoms with E-state index in [0.717, 1.165) is 23.0 Å². The lowest BCUT2D eigenvalue weighted by Gasteiger charge is -2.08. The molecule has 0 radical (unpaired) electrons. The molecule has 7 heteroatoms. The molecule has 1 amide bonds. The van der Waals surface area contributed by atoms with Gasteiger partial charge in [0.2, 0.25) is 5.88 Å². The number of fused-ring (bicyclic) bond motifs is 1. The van der Waals surface area contributed by atoms with Crippen molar-refractivity contribution in [1.82, 2.24) is 25.3 Å². The SMILES string of the molecule is CCCOc1cc(CNC(=O)c2ccc3nnn(C)c3c2)ccn1. The highest BCUT2D eigenvalue weighted by Gasteiger charge is 2.09. The fraction of sp³-hybridized carbons (Fsp3) is 0.294. The molecular formula is C17H19N5O2. The summed E-state index contributed by atoms with van der Waals surface area (Å²) in [6.07, 6.45) is 2.60. The van der Waals surface area contributed by atoms with Crippen molar-refractivity contribution in [3.05, 3.63) is 47.7 Å². The lowest BCUT2D eigenvalue weighted by Crippen LogP contribution is -2.22. The number of nitrogens with zero attached hydrogens (tertiary/aromatic N) is 4. The van der Waals surface area contributed by atoms with Gasteiger partial charge in [0.15, 0.2) is 0 Å². The van der Waals surface area contributed by atoms with Crippen LogP contribution in [0.3, 0.4) is 0 Å². The maximum Gasteiger partial charge on any atom is 0.251 e. The summed E-state index contributed by atoms with van der Waals surface area (Å²) in [7, 11) is 1.80. The number of pyridine rings is 1. The van der Waals surface area contributed by atoms with Gasteiger partial charge in [-0.05, 0) is 36.2 Å². The molecule has 0 saturated heterocycles. The second-order valence-electron chi connectivity index (χ2n) is 5.45. The van der Waals surface area contributed by atoms with Crippen molar-refractivity contribution in [2.24, 2.45) is 7.05 Å². The number of amides is 1. The molecule has 0 unspecified atom stereocenters. The standard InChI is InChI=1S/C17H19N5O2/c1-3-8-24-16-9-12(6-7-18-16)11-19-17(23)13-4-5-14-15(10-13)22(2)21-20-14/h4-7,9-10H,3,8,11H2,1-2H3,(H,19,23). The number of aryl methyl sites for hydroxylation is 1. The predicted octanol–water partition coefficient (Wildman–Crippen LogP) is 2.08. The maximum absolute atomic E-state index is 12.3. The molecule has 0 aliphatic heterocycles. The van der Waals surface area contributed by atoms with E-state index in [2.05, 4.69) is 20.6 Å². The normalized spacial score (nSPS) is 10.8. The second kappa shape index (κ2) is 7.08. The number of aromatic nitrogens is 4. The first-order valence-electron chi connectivity index (χ1n) is 7.82. The van der Waals surface area contributed by atoms with E-state index in [-0.39, 0.29) is 5.91 Å². The van der Waals surface area contributed by atoms with E-state index in [9.17, 15) is 4.79 Å². The molecule has 2 aromatic heterocycles. The number of nitrogens with one attached hydrogen (secondary N) is 1. The molecule has 0 saturated carbocycles. The van der Waals surface area contributed by atoms with E-state index in [1.165, 1.54) is 0 Å². The summed E-state index contributed by atoms with van der Waals surface area (Å²) in [6.45, 7) is 3.08. The summed E-state index contributed by atoms with van der Waals surface area (Å²) >= 11 is 0. The van der Waals surface area contributed by atoms with Crippen molar-refractivity contribution in [3.8, 4) is 5.88 Å². The van der Waals surface area contributed by atoms with Gasteiger partial charge in [-0.2, -0.15) is 0 Å². The number of hydrogen-bond donors (Lipinski definition) is 1. The highest BCUT2D eigenvalue weighted by Crippen LogP contribution is 2.13. The lowest BCUT2D eigenvalue weighted by atomic mass is 10.2. The Morgan fingerprint density at radius 1 is 1.29 bits per heavy atom. The molecule has 0 fully saturated rings. The number of hydrogen-bond acceptors (Lipinski definition) is 5. The Morgan fingerprint density at radius 3 is 3.00 bits per heavy atom. The number of rotatable bonds is 6. The summed E-state index contributed by atoms with van der Waals surface area (Å²) < 4.78 is 7.14. The molecule has 0 aliphatic rings. The lowest BCUT2D eigenvalue weighted by molar-refractivity contribution is 0.0951. The molecule has 3 aromatic rings. The third kappa shape index (κ3) is 3.51. The molecule has 1 N–H and O–H groups in total. The topological polar surface area (TPSA) is 81.9 Å². The van der Waals surface area contributed by atoms with Gasteiger partial charge in [-0.1, -0.05) is 12.1 Å². The van der Waals surface area contributed by atoms with Crippen LogP contribution in [-0.4, -0.2) is 32.5 Å². The number of ether oxygens (including phenoxy) is 1. The quantitative estimate of drug-likeness (QED) is 0.750. The van der Waals surface area contributed by atoms with Gasteiger partial charge in [0.1, 0.15) is 5.52 Å². The van der Waals surface area contributed by atoms with Gasteiger partial charge >= 0.3 is 0 Å². The number of carbonyl (C=O) groups is 1. The van der Waals surface area contributed by atoms with Crippen LogP contribution < -0.4 is 10.1 Å². The minimum absolute atomic E-state index is 0.147. The van der Waals surface area contributed by atoms with E-state index in [1.54, 1.807) is 36.1 Å². The Kier molecular flexibility index (Phi) is 4.69. The maximum atomic E-state index is 12.3. The Bertz CT molecular complexity index is 859. The second-order valence-corrected chi connectivity index (χ2v) is 5.45. The first-order valence-corrected chi connectivity index (χ1v) is 7.82. The first-order chi connectivity index (χ1) is 11.7. The molecule has 24 heavy (non-hydrogen) atoms. The van der Waals surface area contributed by atoms with Crippen molar-refractivity contribution in [2.45, 2.75) is 19.9 Å². The largest absolute Gasteiger partial charge is 0.478 e. The third-order valence-electron chi connectivity index (χ3n) is 3.58. The Labute approximate surface area is 139 Å². The van der Waals surface area contributed by atoms with E-state index in [0.29, 0.717) is 24.6 Å². The smallest absolute Gasteiger partial charge is 0.251 e. The Morgan fingerprint density at radius 2 is 2.17 bits per heavy atom. The molecule has 3 rings (SSSR count). The van der Waals surface area contributed by atoms with Crippen LogP contribution in [0.5, 0.6) is 5.88 Å². The number of carbonyl (C=O) groups excluding carboxylic acids is 1. The monoisotopic (exact) mass is 325 g/mol. The van der Waals surface area contributed by atoms with Crippen molar-refractivity contribution in [3.63, 3.8) is 0 Å². The summed E-state index contributed by atoms with van der Waals surface area (Å²) in [5.41, 5.74) is 3.10. The van der Waals surface area contributed by atoms with E-state index >= 15 is 0 Å². The van der Waals surface area contributed by atoms with Crippen molar-refractivity contribution in [2.75, 3.05) is 6.61 Å². The van der Waals surface area contributed by atoms with Crippen molar-refractivity contribution in [1.29, 1.82) is 0 Å². The Balaban J connectivity index is 1.67. The fourth-order valence-corrected chi connectivity index (χ4v) is 2.30. The molecule has 7 nitrogen and oxygen atoms in total. The summed E-state index contributed by atoms with van der Waals surface area (Å²) in [6, 6.07) is 9.01. The average Bonchev–Trinajstić information content (AvgIpc) is 2.99. The van der Waals surface area contributed by atoms with Gasteiger partial charge in [0, 0.05) is 31.4 Å². The molecule has 1 aromatic carbocycles. The van der Waals surface area contributed by atoms with Gasteiger partial charge in [-0.25, -0.2) is 9.67 Å². The van der Waals surface area contributed by atoms with Crippen LogP contribution in [0.4, 0.5) is 0 Å². The van der Waals surface area contributed by atoms with Crippen LogP contribution in [-0.2, 0) is 13.6 Å². The van der Waals surface area contributed by atoms with Gasteiger partial charge in [-0.3, -0.25) is 4.79 Å². The van der Waals surface area contributed by atoms with Crippen molar-refractivity contribution >= 4 is 16.9 Å².